The van der Waals surface area contributed by atoms with Crippen molar-refractivity contribution >= 4 is 16.6 Å². The number of hydrogen-bond donors (Lipinski definition) is 0. The van der Waals surface area contributed by atoms with Crippen LogP contribution in [0.15, 0.2) is 30.3 Å². The van der Waals surface area contributed by atoms with E-state index in [-0.39, 0.29) is 0 Å². The van der Waals surface area contributed by atoms with Crippen LogP contribution < -0.4 is 4.74 Å². The largest absolute Gasteiger partial charge is 0.496 e. The highest BCUT2D eigenvalue weighted by atomic mass is 16.5. The second kappa shape index (κ2) is 2.91. The van der Waals surface area contributed by atoms with Gasteiger partial charge in [-0.25, -0.2) is 0 Å². The van der Waals surface area contributed by atoms with Crippen molar-refractivity contribution in [1.82, 2.24) is 20.0 Å². The highest BCUT2D eigenvalue weighted by Gasteiger charge is 2.07. The molecular weight excluding hydrogens is 192 g/mol. The Bertz CT molecular complexity index is 631. The van der Waals surface area contributed by atoms with E-state index in [1.54, 1.807) is 11.6 Å². The molecule has 0 N–H and O–H groups in total. The van der Waals surface area contributed by atoms with Gasteiger partial charge in [-0.05, 0) is 22.6 Å². The van der Waals surface area contributed by atoms with Crippen molar-refractivity contribution in [2.45, 2.75) is 0 Å². The lowest BCUT2D eigenvalue weighted by Gasteiger charge is -2.05. The molecule has 0 aliphatic carbocycles. The Kier molecular flexibility index (Phi) is 1.58. The maximum absolute atomic E-state index is 5.30. The lowest BCUT2D eigenvalue weighted by molar-refractivity contribution is 0.420. The molecule has 0 saturated heterocycles. The van der Waals surface area contributed by atoms with Gasteiger partial charge in [0.1, 0.15) is 5.75 Å². The van der Waals surface area contributed by atoms with E-state index in [4.69, 9.17) is 4.74 Å². The van der Waals surface area contributed by atoms with E-state index < -0.39 is 0 Å². The summed E-state index contributed by atoms with van der Waals surface area (Å²) in [6.45, 7) is 0. The first kappa shape index (κ1) is 8.16. The van der Waals surface area contributed by atoms with Gasteiger partial charge in [-0.3, -0.25) is 0 Å². The van der Waals surface area contributed by atoms with Crippen molar-refractivity contribution in [2.75, 3.05) is 7.11 Å². The molecule has 3 rings (SSSR count). The minimum Gasteiger partial charge on any atom is -0.496 e. The molecule has 0 unspecified atom stereocenters. The van der Waals surface area contributed by atoms with E-state index >= 15 is 0 Å². The van der Waals surface area contributed by atoms with Crippen LogP contribution in [0.5, 0.6) is 5.75 Å². The summed E-state index contributed by atoms with van der Waals surface area (Å²) in [5.74, 6) is 0.785. The smallest absolute Gasteiger partial charge is 0.183 e. The molecule has 5 heteroatoms. The van der Waals surface area contributed by atoms with Gasteiger partial charge in [0.2, 0.25) is 0 Å². The maximum Gasteiger partial charge on any atom is 0.183 e. The third kappa shape index (κ3) is 1.06. The fraction of sp³-hybridized carbons (Fsp3) is 0.100. The van der Waals surface area contributed by atoms with Crippen LogP contribution in [0.2, 0.25) is 0 Å². The molecule has 0 fully saturated rings. The number of nitrogens with zero attached hydrogens (tertiary/aromatic N) is 4. The lowest BCUT2D eigenvalue weighted by Crippen LogP contribution is -1.93. The van der Waals surface area contributed by atoms with Crippen molar-refractivity contribution < 1.29 is 4.74 Å². The number of pyridine rings is 1. The average Bonchev–Trinajstić information content (AvgIpc) is 2.76. The first-order valence-corrected chi connectivity index (χ1v) is 4.54. The molecule has 2 heterocycles. The summed E-state index contributed by atoms with van der Waals surface area (Å²) < 4.78 is 6.99. The Morgan fingerprint density at radius 1 is 1.27 bits per heavy atom. The van der Waals surface area contributed by atoms with Crippen LogP contribution in [0.1, 0.15) is 0 Å². The highest BCUT2D eigenvalue weighted by Crippen LogP contribution is 2.25. The molecular formula is C10H8N4O. The number of ether oxygens (including phenoxy) is 1. The Balaban J connectivity index is 2.58. The number of rotatable bonds is 1. The third-order valence-corrected chi connectivity index (χ3v) is 2.37. The molecule has 0 atom stereocenters. The molecule has 0 amide bonds. The maximum atomic E-state index is 5.30. The zero-order valence-electron chi connectivity index (χ0n) is 8.08. The molecule has 2 aromatic heterocycles. The normalized spacial score (nSPS) is 11.0. The summed E-state index contributed by atoms with van der Waals surface area (Å²) in [4.78, 5) is 0. The summed E-state index contributed by atoms with van der Waals surface area (Å²) in [7, 11) is 1.64. The van der Waals surface area contributed by atoms with E-state index in [1.807, 2.05) is 30.3 Å². The summed E-state index contributed by atoms with van der Waals surface area (Å²) in [5, 5.41) is 12.5. The zero-order valence-corrected chi connectivity index (χ0v) is 8.08. The van der Waals surface area contributed by atoms with Gasteiger partial charge in [-0.1, -0.05) is 12.1 Å². The molecule has 0 aliphatic rings. The molecule has 1 aromatic carbocycles. The van der Waals surface area contributed by atoms with Crippen molar-refractivity contribution in [2.24, 2.45) is 0 Å². The monoisotopic (exact) mass is 200 g/mol. The Labute approximate surface area is 85.3 Å². The molecule has 0 radical (unpaired) electrons. The van der Waals surface area contributed by atoms with Gasteiger partial charge in [0.05, 0.1) is 12.6 Å². The topological polar surface area (TPSA) is 52.3 Å². The second-order valence-electron chi connectivity index (χ2n) is 3.18. The van der Waals surface area contributed by atoms with Gasteiger partial charge in [0, 0.05) is 11.5 Å². The zero-order chi connectivity index (χ0) is 10.3. The molecule has 15 heavy (non-hydrogen) atoms. The van der Waals surface area contributed by atoms with Gasteiger partial charge in [-0.15, -0.1) is 5.10 Å². The predicted molar refractivity (Wildman–Crippen MR) is 54.8 cm³/mol. The van der Waals surface area contributed by atoms with Crippen LogP contribution in [-0.2, 0) is 0 Å². The van der Waals surface area contributed by atoms with Crippen molar-refractivity contribution in [3.05, 3.63) is 30.3 Å². The van der Waals surface area contributed by atoms with E-state index in [0.29, 0.717) is 5.65 Å². The molecule has 0 saturated carbocycles. The number of tetrazole rings is 1. The van der Waals surface area contributed by atoms with Gasteiger partial charge in [0.15, 0.2) is 5.65 Å². The van der Waals surface area contributed by atoms with Crippen LogP contribution in [0, 0.1) is 0 Å². The van der Waals surface area contributed by atoms with Crippen LogP contribution in [0.3, 0.4) is 0 Å². The van der Waals surface area contributed by atoms with E-state index in [0.717, 1.165) is 16.7 Å². The number of methoxy groups -OCH3 is 1. The van der Waals surface area contributed by atoms with E-state index in [9.17, 15) is 0 Å². The number of aromatic nitrogens is 4. The fourth-order valence-corrected chi connectivity index (χ4v) is 1.69. The van der Waals surface area contributed by atoms with Crippen molar-refractivity contribution in [1.29, 1.82) is 0 Å². The first-order chi connectivity index (χ1) is 7.40. The number of para-hydroxylation sites is 1. The Hall–Kier alpha value is -2.17. The number of hydrogen-bond acceptors (Lipinski definition) is 4. The fourth-order valence-electron chi connectivity index (χ4n) is 1.69. The minimum atomic E-state index is 0.686. The lowest BCUT2D eigenvalue weighted by atomic mass is 10.2. The molecule has 74 valence electrons. The van der Waals surface area contributed by atoms with Crippen molar-refractivity contribution in [3.63, 3.8) is 0 Å². The van der Waals surface area contributed by atoms with Gasteiger partial charge in [0.25, 0.3) is 0 Å². The standard InChI is InChI=1S/C10H8N4O/c1-15-9-6-10-11-12-13-14(10)8-5-3-2-4-7(8)9/h2-6H,1H3. The minimum absolute atomic E-state index is 0.686. The van der Waals surface area contributed by atoms with Crippen LogP contribution in [-0.4, -0.2) is 27.2 Å². The molecule has 3 aromatic rings. The third-order valence-electron chi connectivity index (χ3n) is 2.37. The predicted octanol–water partition coefficient (Wildman–Crippen LogP) is 1.29. The molecule has 5 nitrogen and oxygen atoms in total. The van der Waals surface area contributed by atoms with E-state index in [1.165, 1.54) is 0 Å². The molecule has 0 bridgehead atoms. The van der Waals surface area contributed by atoms with Gasteiger partial charge < -0.3 is 4.74 Å². The Morgan fingerprint density at radius 2 is 2.13 bits per heavy atom. The number of benzene rings is 1. The molecule has 0 aliphatic heterocycles. The van der Waals surface area contributed by atoms with Gasteiger partial charge in [-0.2, -0.15) is 4.52 Å². The Morgan fingerprint density at radius 3 is 3.00 bits per heavy atom. The van der Waals surface area contributed by atoms with Gasteiger partial charge >= 0.3 is 0 Å². The summed E-state index contributed by atoms with van der Waals surface area (Å²) in [6.07, 6.45) is 0. The summed E-state index contributed by atoms with van der Waals surface area (Å²) in [5.41, 5.74) is 1.63. The van der Waals surface area contributed by atoms with Crippen LogP contribution in [0.4, 0.5) is 0 Å². The summed E-state index contributed by atoms with van der Waals surface area (Å²) in [6, 6.07) is 9.67. The van der Waals surface area contributed by atoms with E-state index in [2.05, 4.69) is 15.5 Å². The van der Waals surface area contributed by atoms with Crippen molar-refractivity contribution in [3.8, 4) is 5.75 Å². The van der Waals surface area contributed by atoms with Crippen LogP contribution in [0.25, 0.3) is 16.6 Å². The second-order valence-corrected chi connectivity index (χ2v) is 3.18. The summed E-state index contributed by atoms with van der Waals surface area (Å²) >= 11 is 0. The first-order valence-electron chi connectivity index (χ1n) is 4.54. The van der Waals surface area contributed by atoms with Crippen LogP contribution >= 0.6 is 0 Å². The molecule has 0 spiro atoms. The average molecular weight is 200 g/mol. The quantitative estimate of drug-likeness (QED) is 0.593. The number of fused-ring (bicyclic) bond motifs is 3. The highest BCUT2D eigenvalue weighted by molar-refractivity contribution is 5.87. The SMILES string of the molecule is COc1cc2nnnn2c2ccccc12.